The Morgan fingerprint density at radius 3 is 2.68 bits per heavy atom. The highest BCUT2D eigenvalue weighted by atomic mass is 35.5. The van der Waals surface area contributed by atoms with Crippen LogP contribution in [0.4, 0.5) is 0 Å². The van der Waals surface area contributed by atoms with Crippen molar-refractivity contribution in [3.8, 4) is 0 Å². The molecule has 1 amide bonds. The lowest BCUT2D eigenvalue weighted by Gasteiger charge is -2.12. The Labute approximate surface area is 189 Å². The van der Waals surface area contributed by atoms with E-state index in [1.54, 1.807) is 4.57 Å². The second-order valence-electron chi connectivity index (χ2n) is 7.80. The lowest BCUT2D eigenvalue weighted by molar-refractivity contribution is 0.0952. The molecule has 0 bridgehead atoms. The van der Waals surface area contributed by atoms with Crippen LogP contribution in [-0.2, 0) is 29.5 Å². The topological polar surface area (TPSA) is 115 Å². The first-order chi connectivity index (χ1) is 14.8. The van der Waals surface area contributed by atoms with Crippen molar-refractivity contribution in [2.24, 2.45) is 0 Å². The van der Waals surface area contributed by atoms with Gasteiger partial charge in [-0.25, -0.2) is 22.6 Å². The average molecular weight is 488 g/mol. The van der Waals surface area contributed by atoms with Crippen molar-refractivity contribution in [2.45, 2.75) is 62.6 Å². The summed E-state index contributed by atoms with van der Waals surface area (Å²) in [5.41, 5.74) is -0.100. The van der Waals surface area contributed by atoms with E-state index in [0.29, 0.717) is 19.5 Å². The smallest absolute Gasteiger partial charge is 0.345 e. The summed E-state index contributed by atoms with van der Waals surface area (Å²) in [5, 5.41) is 7.09. The SMILES string of the molecule is O=C(NCCCn1nc2n(c1=O)CCCC2)c1cc(S(=O)(=O)NC2CC2)c(Cl)cc1Cl. The van der Waals surface area contributed by atoms with E-state index in [4.69, 9.17) is 23.2 Å². The molecule has 2 aromatic rings. The Balaban J connectivity index is 1.39. The number of hydrogen-bond acceptors (Lipinski definition) is 5. The maximum absolute atomic E-state index is 12.6. The zero-order valence-electron chi connectivity index (χ0n) is 16.7. The average Bonchev–Trinajstić information content (AvgIpc) is 3.46. The number of nitrogens with one attached hydrogen (secondary N) is 2. The van der Waals surface area contributed by atoms with Gasteiger partial charge in [0.15, 0.2) is 0 Å². The Hall–Kier alpha value is -1.88. The van der Waals surface area contributed by atoms with Gasteiger partial charge >= 0.3 is 5.69 Å². The molecule has 0 unspecified atom stereocenters. The number of carbonyl (C=O) groups excluding carboxylic acids is 1. The van der Waals surface area contributed by atoms with Crippen LogP contribution < -0.4 is 15.7 Å². The van der Waals surface area contributed by atoms with Gasteiger partial charge in [-0.15, -0.1) is 0 Å². The largest absolute Gasteiger partial charge is 0.352 e. The minimum absolute atomic E-state index is 0.0249. The number of amides is 1. The van der Waals surface area contributed by atoms with Gasteiger partial charge < -0.3 is 5.32 Å². The van der Waals surface area contributed by atoms with E-state index >= 15 is 0 Å². The first-order valence-electron chi connectivity index (χ1n) is 10.2. The summed E-state index contributed by atoms with van der Waals surface area (Å²) in [4.78, 5) is 24.7. The van der Waals surface area contributed by atoms with Crippen LogP contribution in [0, 0.1) is 0 Å². The molecule has 0 spiro atoms. The molecule has 2 N–H and O–H groups in total. The molecule has 1 fully saturated rings. The van der Waals surface area contributed by atoms with E-state index in [0.717, 1.165) is 37.9 Å². The fourth-order valence-electron chi connectivity index (χ4n) is 3.51. The number of benzene rings is 1. The molecule has 1 saturated carbocycles. The lowest BCUT2D eigenvalue weighted by atomic mass is 10.2. The highest BCUT2D eigenvalue weighted by Gasteiger charge is 2.30. The maximum Gasteiger partial charge on any atom is 0.345 e. The normalized spacial score (nSPS) is 16.2. The molecule has 2 aliphatic rings. The minimum atomic E-state index is -3.84. The Bertz CT molecular complexity index is 1170. The van der Waals surface area contributed by atoms with Gasteiger partial charge in [0.1, 0.15) is 10.7 Å². The summed E-state index contributed by atoms with van der Waals surface area (Å²) in [6.45, 7) is 1.34. The fraction of sp³-hybridized carbons (Fsp3) is 0.526. The van der Waals surface area contributed by atoms with Gasteiger partial charge in [0.05, 0.1) is 15.6 Å². The zero-order chi connectivity index (χ0) is 22.2. The lowest BCUT2D eigenvalue weighted by Crippen LogP contribution is -2.30. The van der Waals surface area contributed by atoms with Crippen molar-refractivity contribution in [2.75, 3.05) is 6.54 Å². The van der Waals surface area contributed by atoms with Crippen LogP contribution in [0.5, 0.6) is 0 Å². The molecular weight excluding hydrogens is 465 g/mol. The molecule has 4 rings (SSSR count). The molecule has 168 valence electrons. The standard InChI is InChI=1S/C19H23Cl2N5O4S/c20-14-11-15(21)16(31(29,30)24-12-5-6-12)10-13(14)18(27)22-7-3-9-26-19(28)25-8-2-1-4-17(25)23-26/h10-12,24H,1-9H2,(H,22,27). The maximum atomic E-state index is 12.6. The van der Waals surface area contributed by atoms with E-state index in [1.165, 1.54) is 16.8 Å². The predicted octanol–water partition coefficient (Wildman–Crippen LogP) is 1.95. The van der Waals surface area contributed by atoms with Crippen molar-refractivity contribution in [1.82, 2.24) is 24.4 Å². The van der Waals surface area contributed by atoms with E-state index in [1.807, 2.05) is 0 Å². The van der Waals surface area contributed by atoms with Gasteiger partial charge in [0.25, 0.3) is 5.91 Å². The molecular formula is C19H23Cl2N5O4S. The first kappa shape index (κ1) is 22.3. The predicted molar refractivity (Wildman–Crippen MR) is 116 cm³/mol. The van der Waals surface area contributed by atoms with E-state index in [-0.39, 0.29) is 38.8 Å². The van der Waals surface area contributed by atoms with Gasteiger partial charge in [-0.1, -0.05) is 23.2 Å². The minimum Gasteiger partial charge on any atom is -0.352 e. The van der Waals surface area contributed by atoms with Crippen LogP contribution in [0.25, 0.3) is 0 Å². The van der Waals surface area contributed by atoms with Crippen LogP contribution in [0.15, 0.2) is 21.8 Å². The van der Waals surface area contributed by atoms with Crippen LogP contribution in [0.1, 0.15) is 48.3 Å². The number of hydrogen-bond donors (Lipinski definition) is 2. The second kappa shape index (κ2) is 8.93. The molecule has 1 aliphatic carbocycles. The number of rotatable bonds is 8. The van der Waals surface area contributed by atoms with Crippen molar-refractivity contribution in [1.29, 1.82) is 0 Å². The van der Waals surface area contributed by atoms with Gasteiger partial charge in [-0.05, 0) is 44.2 Å². The van der Waals surface area contributed by atoms with Crippen LogP contribution in [0.2, 0.25) is 10.0 Å². The molecule has 0 saturated heterocycles. The molecule has 1 aliphatic heterocycles. The molecule has 1 aromatic carbocycles. The fourth-order valence-corrected chi connectivity index (χ4v) is 5.68. The third-order valence-corrected chi connectivity index (χ3v) is 7.62. The summed E-state index contributed by atoms with van der Waals surface area (Å²) in [7, 11) is -3.84. The highest BCUT2D eigenvalue weighted by molar-refractivity contribution is 7.89. The van der Waals surface area contributed by atoms with Gasteiger partial charge in [0, 0.05) is 32.1 Å². The van der Waals surface area contributed by atoms with E-state index in [9.17, 15) is 18.0 Å². The molecule has 9 nitrogen and oxygen atoms in total. The highest BCUT2D eigenvalue weighted by Crippen LogP contribution is 2.30. The Morgan fingerprint density at radius 2 is 1.97 bits per heavy atom. The summed E-state index contributed by atoms with van der Waals surface area (Å²) in [6.07, 6.45) is 4.85. The number of carbonyl (C=O) groups is 1. The van der Waals surface area contributed by atoms with Crippen LogP contribution in [-0.4, -0.2) is 41.3 Å². The molecule has 12 heteroatoms. The summed E-state index contributed by atoms with van der Waals surface area (Å²) < 4.78 is 30.7. The van der Waals surface area contributed by atoms with Crippen LogP contribution in [0.3, 0.4) is 0 Å². The zero-order valence-corrected chi connectivity index (χ0v) is 19.1. The van der Waals surface area contributed by atoms with Crippen molar-refractivity contribution in [3.05, 3.63) is 44.1 Å². The van der Waals surface area contributed by atoms with E-state index in [2.05, 4.69) is 15.1 Å². The number of aromatic nitrogens is 3. The molecule has 31 heavy (non-hydrogen) atoms. The van der Waals surface area contributed by atoms with Gasteiger partial charge in [-0.3, -0.25) is 9.36 Å². The van der Waals surface area contributed by atoms with Gasteiger partial charge in [-0.2, -0.15) is 5.10 Å². The van der Waals surface area contributed by atoms with Crippen molar-refractivity contribution < 1.29 is 13.2 Å². The summed E-state index contributed by atoms with van der Waals surface area (Å²) in [5.74, 6) is 0.294. The monoisotopic (exact) mass is 487 g/mol. The third kappa shape index (κ3) is 4.97. The summed E-state index contributed by atoms with van der Waals surface area (Å²) in [6, 6.07) is 2.36. The third-order valence-electron chi connectivity index (χ3n) is 5.32. The molecule has 0 radical (unpaired) electrons. The number of aryl methyl sites for hydroxylation is 2. The summed E-state index contributed by atoms with van der Waals surface area (Å²) >= 11 is 12.2. The van der Waals surface area contributed by atoms with Crippen LogP contribution >= 0.6 is 23.2 Å². The van der Waals surface area contributed by atoms with Gasteiger partial charge in [0.2, 0.25) is 10.0 Å². The quantitative estimate of drug-likeness (QED) is 0.552. The van der Waals surface area contributed by atoms with Crippen molar-refractivity contribution in [3.63, 3.8) is 0 Å². The number of sulfonamides is 1. The number of halogens is 2. The molecule has 0 atom stereocenters. The second-order valence-corrected chi connectivity index (χ2v) is 10.3. The first-order valence-corrected chi connectivity index (χ1v) is 12.5. The Kier molecular flexibility index (Phi) is 6.43. The molecule has 2 heterocycles. The van der Waals surface area contributed by atoms with E-state index < -0.39 is 15.9 Å². The number of fused-ring (bicyclic) bond motifs is 1. The van der Waals surface area contributed by atoms with Crippen molar-refractivity contribution >= 4 is 39.1 Å². The molecule has 1 aromatic heterocycles. The number of nitrogens with zero attached hydrogens (tertiary/aromatic N) is 3. The Morgan fingerprint density at radius 1 is 1.19 bits per heavy atom.